The van der Waals surface area contributed by atoms with E-state index in [9.17, 15) is 8.78 Å². The maximum Gasteiger partial charge on any atom is 0.253 e. The van der Waals surface area contributed by atoms with Gasteiger partial charge in [0.1, 0.15) is 11.6 Å². The van der Waals surface area contributed by atoms with E-state index in [2.05, 4.69) is 10.1 Å². The zero-order chi connectivity index (χ0) is 15.5. The van der Waals surface area contributed by atoms with Crippen molar-refractivity contribution in [3.05, 3.63) is 71.6 Å². The van der Waals surface area contributed by atoms with Gasteiger partial charge in [-0.15, -0.1) is 0 Å². The van der Waals surface area contributed by atoms with Crippen molar-refractivity contribution in [2.24, 2.45) is 0 Å². The molecule has 0 N–H and O–H groups in total. The van der Waals surface area contributed by atoms with Crippen molar-refractivity contribution >= 4 is 11.6 Å². The molecule has 0 spiro atoms. The van der Waals surface area contributed by atoms with Gasteiger partial charge >= 0.3 is 0 Å². The van der Waals surface area contributed by atoms with Crippen LogP contribution < -0.4 is 0 Å². The normalized spacial score (nSPS) is 11.7. The molecule has 0 bridgehead atoms. The lowest BCUT2D eigenvalue weighted by Gasteiger charge is -1.98. The standard InChI is InChI=1S/C17H12F2N2O/c1-11(10-12-6-3-2-4-7-12)17-20-16(21-22-17)15-13(18)8-5-9-14(15)19/h2-10H,1H3/b11-10+. The molecule has 3 nitrogen and oxygen atoms in total. The van der Waals surface area contributed by atoms with Gasteiger partial charge in [-0.1, -0.05) is 41.6 Å². The summed E-state index contributed by atoms with van der Waals surface area (Å²) in [7, 11) is 0. The molecule has 0 radical (unpaired) electrons. The summed E-state index contributed by atoms with van der Waals surface area (Å²) in [6, 6.07) is 13.2. The summed E-state index contributed by atoms with van der Waals surface area (Å²) in [5, 5.41) is 3.66. The van der Waals surface area contributed by atoms with Crippen LogP contribution in [0, 0.1) is 11.6 Å². The fourth-order valence-corrected chi connectivity index (χ4v) is 2.06. The molecule has 5 heteroatoms. The quantitative estimate of drug-likeness (QED) is 0.710. The molecular weight excluding hydrogens is 286 g/mol. The molecule has 3 aromatic rings. The second kappa shape index (κ2) is 5.89. The molecule has 3 rings (SSSR count). The molecule has 2 aromatic carbocycles. The van der Waals surface area contributed by atoms with Crippen LogP contribution in [0.4, 0.5) is 8.78 Å². The molecule has 0 unspecified atom stereocenters. The van der Waals surface area contributed by atoms with Crippen LogP contribution in [-0.4, -0.2) is 10.1 Å². The molecule has 0 aliphatic carbocycles. The van der Waals surface area contributed by atoms with Crippen LogP contribution in [0.5, 0.6) is 0 Å². The van der Waals surface area contributed by atoms with E-state index in [0.29, 0.717) is 5.57 Å². The van der Waals surface area contributed by atoms with Gasteiger partial charge < -0.3 is 4.52 Å². The number of benzene rings is 2. The summed E-state index contributed by atoms with van der Waals surface area (Å²) < 4.78 is 32.5. The molecule has 0 aliphatic heterocycles. The molecule has 0 aliphatic rings. The highest BCUT2D eigenvalue weighted by atomic mass is 19.1. The Morgan fingerprint density at radius 3 is 2.36 bits per heavy atom. The van der Waals surface area contributed by atoms with Gasteiger partial charge in [-0.05, 0) is 30.7 Å². The first-order valence-electron chi connectivity index (χ1n) is 6.67. The summed E-state index contributed by atoms with van der Waals surface area (Å²) in [6.45, 7) is 1.79. The third-order valence-corrected chi connectivity index (χ3v) is 3.13. The first kappa shape index (κ1) is 14.1. The van der Waals surface area contributed by atoms with E-state index in [1.165, 1.54) is 6.07 Å². The largest absolute Gasteiger partial charge is 0.334 e. The number of halogens is 2. The van der Waals surface area contributed by atoms with E-state index in [0.717, 1.165) is 17.7 Å². The fourth-order valence-electron chi connectivity index (χ4n) is 2.06. The van der Waals surface area contributed by atoms with Gasteiger partial charge in [-0.3, -0.25) is 0 Å². The minimum Gasteiger partial charge on any atom is -0.334 e. The van der Waals surface area contributed by atoms with Gasteiger partial charge in [-0.2, -0.15) is 4.98 Å². The Morgan fingerprint density at radius 1 is 1.00 bits per heavy atom. The van der Waals surface area contributed by atoms with Gasteiger partial charge in [0.15, 0.2) is 0 Å². The van der Waals surface area contributed by atoms with Crippen LogP contribution >= 0.6 is 0 Å². The zero-order valence-electron chi connectivity index (χ0n) is 11.8. The molecule has 0 atom stereocenters. The number of nitrogens with zero attached hydrogens (tertiary/aromatic N) is 2. The first-order valence-corrected chi connectivity index (χ1v) is 6.67. The SMILES string of the molecule is C/C(=C\c1ccccc1)c1nc(-c2c(F)cccc2F)no1. The van der Waals surface area contributed by atoms with E-state index in [4.69, 9.17) is 4.52 Å². The number of rotatable bonds is 3. The number of hydrogen-bond acceptors (Lipinski definition) is 3. The lowest BCUT2D eigenvalue weighted by molar-refractivity contribution is 0.407. The molecule has 0 fully saturated rings. The molecule has 22 heavy (non-hydrogen) atoms. The van der Waals surface area contributed by atoms with Crippen molar-refractivity contribution in [1.29, 1.82) is 0 Å². The Kier molecular flexibility index (Phi) is 3.78. The molecular formula is C17H12F2N2O. The van der Waals surface area contributed by atoms with Crippen LogP contribution in [0.2, 0.25) is 0 Å². The van der Waals surface area contributed by atoms with Crippen LogP contribution in [0.25, 0.3) is 23.0 Å². The highest BCUT2D eigenvalue weighted by molar-refractivity contribution is 5.77. The summed E-state index contributed by atoms with van der Waals surface area (Å²) >= 11 is 0. The summed E-state index contributed by atoms with van der Waals surface area (Å²) in [5.74, 6) is -1.33. The fraction of sp³-hybridized carbons (Fsp3) is 0.0588. The third-order valence-electron chi connectivity index (χ3n) is 3.13. The van der Waals surface area contributed by atoms with Gasteiger partial charge in [-0.25, -0.2) is 8.78 Å². The van der Waals surface area contributed by atoms with Crippen molar-refractivity contribution in [1.82, 2.24) is 10.1 Å². The lowest BCUT2D eigenvalue weighted by atomic mass is 10.1. The van der Waals surface area contributed by atoms with Gasteiger partial charge in [0.05, 0.1) is 5.56 Å². The Labute approximate surface area is 125 Å². The van der Waals surface area contributed by atoms with Crippen molar-refractivity contribution in [3.8, 4) is 11.4 Å². The molecule has 1 heterocycles. The maximum absolute atomic E-state index is 13.7. The predicted molar refractivity (Wildman–Crippen MR) is 79.6 cm³/mol. The molecule has 110 valence electrons. The average Bonchev–Trinajstić information content (AvgIpc) is 2.98. The second-order valence-electron chi connectivity index (χ2n) is 4.76. The van der Waals surface area contributed by atoms with Crippen LogP contribution in [-0.2, 0) is 0 Å². The lowest BCUT2D eigenvalue weighted by Crippen LogP contribution is -1.91. The molecule has 0 saturated heterocycles. The predicted octanol–water partition coefficient (Wildman–Crippen LogP) is 4.58. The smallest absolute Gasteiger partial charge is 0.253 e. The average molecular weight is 298 g/mol. The Hall–Kier alpha value is -2.82. The van der Waals surface area contributed by atoms with Crippen LogP contribution in [0.3, 0.4) is 0 Å². The Balaban J connectivity index is 1.96. The van der Waals surface area contributed by atoms with Crippen molar-refractivity contribution in [2.75, 3.05) is 0 Å². The van der Waals surface area contributed by atoms with Crippen LogP contribution in [0.15, 0.2) is 53.1 Å². The number of allylic oxidation sites excluding steroid dienone is 1. The number of aromatic nitrogens is 2. The molecule has 0 amide bonds. The highest BCUT2D eigenvalue weighted by Gasteiger charge is 2.17. The summed E-state index contributed by atoms with van der Waals surface area (Å²) in [6.07, 6.45) is 1.86. The minimum atomic E-state index is -0.725. The Morgan fingerprint density at radius 2 is 1.68 bits per heavy atom. The van der Waals surface area contributed by atoms with E-state index in [1.54, 1.807) is 6.92 Å². The Bertz CT molecular complexity index is 805. The van der Waals surface area contributed by atoms with Crippen molar-refractivity contribution < 1.29 is 13.3 Å². The van der Waals surface area contributed by atoms with Gasteiger partial charge in [0.25, 0.3) is 5.89 Å². The highest BCUT2D eigenvalue weighted by Crippen LogP contribution is 2.25. The van der Waals surface area contributed by atoms with Gasteiger partial charge in [0.2, 0.25) is 5.82 Å². The summed E-state index contributed by atoms with van der Waals surface area (Å²) in [4.78, 5) is 4.07. The minimum absolute atomic E-state index is 0.105. The van der Waals surface area contributed by atoms with E-state index < -0.39 is 11.6 Å². The topological polar surface area (TPSA) is 38.9 Å². The zero-order valence-corrected chi connectivity index (χ0v) is 11.8. The van der Waals surface area contributed by atoms with E-state index in [-0.39, 0.29) is 17.3 Å². The summed E-state index contributed by atoms with van der Waals surface area (Å²) in [5.41, 5.74) is 1.39. The molecule has 0 saturated carbocycles. The maximum atomic E-state index is 13.7. The van der Waals surface area contributed by atoms with E-state index in [1.807, 2.05) is 36.4 Å². The van der Waals surface area contributed by atoms with Crippen molar-refractivity contribution in [3.63, 3.8) is 0 Å². The monoisotopic (exact) mass is 298 g/mol. The number of hydrogen-bond donors (Lipinski definition) is 0. The second-order valence-corrected chi connectivity index (χ2v) is 4.76. The van der Waals surface area contributed by atoms with E-state index >= 15 is 0 Å². The molecule has 1 aromatic heterocycles. The third kappa shape index (κ3) is 2.79. The van der Waals surface area contributed by atoms with Crippen LogP contribution in [0.1, 0.15) is 18.4 Å². The van der Waals surface area contributed by atoms with Crippen molar-refractivity contribution in [2.45, 2.75) is 6.92 Å². The first-order chi connectivity index (χ1) is 10.6. The van der Waals surface area contributed by atoms with Gasteiger partial charge in [0, 0.05) is 5.57 Å².